The second kappa shape index (κ2) is 8.32. The molecule has 5 nitrogen and oxygen atoms in total. The molecule has 0 heterocycles. The molecule has 0 radical (unpaired) electrons. The molecule has 0 unspecified atom stereocenters. The molecule has 0 saturated heterocycles. The molecule has 0 saturated carbocycles. The van der Waals surface area contributed by atoms with Crippen LogP contribution in [-0.2, 0) is 9.59 Å². The van der Waals surface area contributed by atoms with Gasteiger partial charge in [0.1, 0.15) is 0 Å². The molecule has 0 aliphatic rings. The Balaban J connectivity index is 0. The molecular weight excluding hydrogens is 254 g/mol. The van der Waals surface area contributed by atoms with E-state index >= 15 is 0 Å². The first kappa shape index (κ1) is 19.5. The van der Waals surface area contributed by atoms with Crippen LogP contribution < -0.4 is 16.4 Å². The van der Waals surface area contributed by atoms with Gasteiger partial charge >= 0.3 is 0 Å². The summed E-state index contributed by atoms with van der Waals surface area (Å²) in [4.78, 5) is 23.0. The molecule has 0 fully saturated rings. The summed E-state index contributed by atoms with van der Waals surface area (Å²) >= 11 is 0. The molecule has 0 aromatic heterocycles. The van der Waals surface area contributed by atoms with Crippen molar-refractivity contribution < 1.29 is 9.59 Å². The van der Waals surface area contributed by atoms with Crippen molar-refractivity contribution in [2.75, 3.05) is 13.1 Å². The first-order chi connectivity index (χ1) is 7.66. The lowest BCUT2D eigenvalue weighted by atomic mass is 9.96. The van der Waals surface area contributed by atoms with Crippen molar-refractivity contribution in [3.63, 3.8) is 0 Å². The summed E-state index contributed by atoms with van der Waals surface area (Å²) in [7, 11) is 0. The van der Waals surface area contributed by atoms with Crippen LogP contribution in [0.25, 0.3) is 0 Å². The van der Waals surface area contributed by atoms with Gasteiger partial charge < -0.3 is 16.4 Å². The van der Waals surface area contributed by atoms with E-state index in [0.717, 1.165) is 0 Å². The summed E-state index contributed by atoms with van der Waals surface area (Å²) in [6, 6.07) is -0.492. The molecule has 0 aromatic rings. The van der Waals surface area contributed by atoms with Crippen molar-refractivity contribution in [1.82, 2.24) is 10.6 Å². The van der Waals surface area contributed by atoms with E-state index < -0.39 is 11.5 Å². The molecule has 0 aliphatic heterocycles. The molecule has 0 aromatic carbocycles. The van der Waals surface area contributed by atoms with E-state index in [4.69, 9.17) is 5.73 Å². The number of rotatable bonds is 5. The molecule has 2 amide bonds. The fraction of sp³-hybridized carbons (Fsp3) is 0.833. The van der Waals surface area contributed by atoms with Gasteiger partial charge in [-0.1, -0.05) is 34.6 Å². The molecule has 0 spiro atoms. The number of hydrogen-bond donors (Lipinski definition) is 3. The zero-order valence-electron chi connectivity index (χ0n) is 11.9. The fourth-order valence-electron chi connectivity index (χ4n) is 1.05. The van der Waals surface area contributed by atoms with E-state index in [0.29, 0.717) is 13.1 Å². The molecule has 108 valence electrons. The third kappa shape index (κ3) is 7.50. The molecule has 0 bridgehead atoms. The maximum atomic E-state index is 11.5. The highest BCUT2D eigenvalue weighted by molar-refractivity contribution is 5.85. The summed E-state index contributed by atoms with van der Waals surface area (Å²) in [5.74, 6) is -0.0934. The Kier molecular flexibility index (Phi) is 9.03. The molecule has 18 heavy (non-hydrogen) atoms. The third-order valence-corrected chi connectivity index (χ3v) is 2.41. The van der Waals surface area contributed by atoms with Gasteiger partial charge in [-0.05, 0) is 5.92 Å². The molecule has 4 N–H and O–H groups in total. The number of nitrogens with two attached hydrogens (primary N) is 1. The predicted molar refractivity (Wildman–Crippen MR) is 75.5 cm³/mol. The van der Waals surface area contributed by atoms with Crippen molar-refractivity contribution in [2.45, 2.75) is 40.7 Å². The lowest BCUT2D eigenvalue weighted by Crippen LogP contribution is -2.46. The monoisotopic (exact) mass is 279 g/mol. The number of carbonyl (C=O) groups excluding carboxylic acids is 2. The lowest BCUT2D eigenvalue weighted by molar-refractivity contribution is -0.129. The zero-order chi connectivity index (χ0) is 13.6. The van der Waals surface area contributed by atoms with Crippen molar-refractivity contribution in [2.24, 2.45) is 17.1 Å². The van der Waals surface area contributed by atoms with Gasteiger partial charge in [-0.15, -0.1) is 12.4 Å². The van der Waals surface area contributed by atoms with Crippen LogP contribution in [0, 0.1) is 11.3 Å². The minimum atomic E-state index is -0.492. The van der Waals surface area contributed by atoms with Crippen LogP contribution in [-0.4, -0.2) is 30.9 Å². The summed E-state index contributed by atoms with van der Waals surface area (Å²) in [5, 5.41) is 5.44. The van der Waals surface area contributed by atoms with Gasteiger partial charge in [-0.25, -0.2) is 0 Å². The van der Waals surface area contributed by atoms with Crippen molar-refractivity contribution in [3.8, 4) is 0 Å². The topological polar surface area (TPSA) is 84.2 Å². The highest BCUT2D eigenvalue weighted by Gasteiger charge is 2.20. The highest BCUT2D eigenvalue weighted by Crippen LogP contribution is 2.11. The van der Waals surface area contributed by atoms with Gasteiger partial charge in [-0.2, -0.15) is 0 Å². The molecule has 6 heteroatoms. The zero-order valence-corrected chi connectivity index (χ0v) is 12.7. The Labute approximate surface area is 116 Å². The van der Waals surface area contributed by atoms with Crippen LogP contribution in [0.1, 0.15) is 34.6 Å². The van der Waals surface area contributed by atoms with Crippen LogP contribution in [0.2, 0.25) is 0 Å². The van der Waals surface area contributed by atoms with Crippen molar-refractivity contribution in [3.05, 3.63) is 0 Å². The predicted octanol–water partition coefficient (Wildman–Crippen LogP) is 0.670. The Bertz CT molecular complexity index is 275. The Morgan fingerprint density at radius 3 is 1.94 bits per heavy atom. The van der Waals surface area contributed by atoms with Crippen molar-refractivity contribution in [1.29, 1.82) is 0 Å². The standard InChI is InChI=1S/C12H25N3O2.ClH/c1-8(2)9(13)10(16)14-6-7-15-11(17)12(3,4)5;/h8-9H,6-7,13H2,1-5H3,(H,14,16)(H,15,17);1H/t9-;/m0./s1. The Morgan fingerprint density at radius 1 is 1.11 bits per heavy atom. The number of halogens is 1. The Morgan fingerprint density at radius 2 is 1.56 bits per heavy atom. The van der Waals surface area contributed by atoms with Gasteiger partial charge in [-0.3, -0.25) is 9.59 Å². The molecular formula is C12H26ClN3O2. The molecule has 1 atom stereocenters. The molecule has 0 rings (SSSR count). The van der Waals surface area contributed by atoms with E-state index in [9.17, 15) is 9.59 Å². The van der Waals surface area contributed by atoms with Crippen LogP contribution in [0.4, 0.5) is 0 Å². The summed E-state index contributed by atoms with van der Waals surface area (Å²) < 4.78 is 0. The minimum absolute atomic E-state index is 0. The van der Waals surface area contributed by atoms with E-state index in [1.165, 1.54) is 0 Å². The molecule has 0 aliphatic carbocycles. The number of nitrogens with one attached hydrogen (secondary N) is 2. The summed E-state index contributed by atoms with van der Waals surface area (Å²) in [6.45, 7) is 10.1. The average Bonchev–Trinajstić information content (AvgIpc) is 2.20. The van der Waals surface area contributed by atoms with E-state index in [1.807, 2.05) is 34.6 Å². The average molecular weight is 280 g/mol. The number of hydrogen-bond acceptors (Lipinski definition) is 3. The van der Waals surface area contributed by atoms with Gasteiger partial charge in [0.15, 0.2) is 0 Å². The second-order valence-corrected chi connectivity index (χ2v) is 5.57. The second-order valence-electron chi connectivity index (χ2n) is 5.57. The largest absolute Gasteiger partial charge is 0.354 e. The Hall–Kier alpha value is -0.810. The van der Waals surface area contributed by atoms with Crippen LogP contribution in [0.5, 0.6) is 0 Å². The quantitative estimate of drug-likeness (QED) is 0.647. The van der Waals surface area contributed by atoms with Gasteiger partial charge in [0, 0.05) is 18.5 Å². The van der Waals surface area contributed by atoms with Crippen LogP contribution in [0.15, 0.2) is 0 Å². The first-order valence-corrected chi connectivity index (χ1v) is 5.98. The maximum absolute atomic E-state index is 11.5. The number of carbonyl (C=O) groups is 2. The van der Waals surface area contributed by atoms with Crippen LogP contribution in [0.3, 0.4) is 0 Å². The smallest absolute Gasteiger partial charge is 0.237 e. The normalized spacial score (nSPS) is 12.6. The third-order valence-electron chi connectivity index (χ3n) is 2.41. The fourth-order valence-corrected chi connectivity index (χ4v) is 1.05. The van der Waals surface area contributed by atoms with Gasteiger partial charge in [0.2, 0.25) is 11.8 Å². The van der Waals surface area contributed by atoms with Crippen LogP contribution >= 0.6 is 12.4 Å². The van der Waals surface area contributed by atoms with Crippen molar-refractivity contribution >= 4 is 24.2 Å². The first-order valence-electron chi connectivity index (χ1n) is 5.98. The van der Waals surface area contributed by atoms with E-state index in [2.05, 4.69) is 10.6 Å². The maximum Gasteiger partial charge on any atom is 0.237 e. The van der Waals surface area contributed by atoms with E-state index in [1.54, 1.807) is 0 Å². The summed E-state index contributed by atoms with van der Waals surface area (Å²) in [5.41, 5.74) is 5.27. The minimum Gasteiger partial charge on any atom is -0.354 e. The summed E-state index contributed by atoms with van der Waals surface area (Å²) in [6.07, 6.45) is 0. The van der Waals surface area contributed by atoms with Gasteiger partial charge in [0.05, 0.1) is 6.04 Å². The lowest BCUT2D eigenvalue weighted by Gasteiger charge is -2.18. The highest BCUT2D eigenvalue weighted by atomic mass is 35.5. The number of amides is 2. The van der Waals surface area contributed by atoms with Gasteiger partial charge in [0.25, 0.3) is 0 Å². The van der Waals surface area contributed by atoms with E-state index in [-0.39, 0.29) is 30.1 Å². The SMILES string of the molecule is CC(C)[C@H](N)C(=O)NCCNC(=O)C(C)(C)C.Cl.